The van der Waals surface area contributed by atoms with Crippen molar-refractivity contribution in [3.63, 3.8) is 0 Å². The van der Waals surface area contributed by atoms with Gasteiger partial charge in [-0.15, -0.1) is 0 Å². The van der Waals surface area contributed by atoms with Crippen LogP contribution in [0.2, 0.25) is 0 Å². The van der Waals surface area contributed by atoms with Gasteiger partial charge in [-0.1, -0.05) is 6.07 Å². The standard InChI is InChI=1S/C23H33N3O3S/c1-14(2)26-17-9-10-18(26)13-19(12-17)30(28,29)25-23(27)24-22-20-7-3-5-15(20)11-16-6-4-8-21(16)22/h11,14,17-19H,3-10,12-13H2,1-2H3,(H2,24,25,27)/t17-,18+,19?. The minimum Gasteiger partial charge on any atom is -0.307 e. The summed E-state index contributed by atoms with van der Waals surface area (Å²) in [4.78, 5) is 15.3. The van der Waals surface area contributed by atoms with Crippen LogP contribution in [0.15, 0.2) is 6.07 Å². The van der Waals surface area contributed by atoms with Gasteiger partial charge in [-0.2, -0.15) is 0 Å². The molecular weight excluding hydrogens is 398 g/mol. The third-order valence-electron chi connectivity index (χ3n) is 7.73. The van der Waals surface area contributed by atoms with E-state index in [1.807, 2.05) is 0 Å². The Bertz CT molecular complexity index is 926. The highest BCUT2D eigenvalue weighted by Crippen LogP contribution is 2.40. The van der Waals surface area contributed by atoms with Gasteiger partial charge in [0.25, 0.3) is 0 Å². The first kappa shape index (κ1) is 20.3. The maximum absolute atomic E-state index is 13.1. The fourth-order valence-corrected chi connectivity index (χ4v) is 8.01. The second-order valence-corrected chi connectivity index (χ2v) is 11.8. The molecular formula is C23H33N3O3S. The van der Waals surface area contributed by atoms with E-state index in [4.69, 9.17) is 0 Å². The summed E-state index contributed by atoms with van der Waals surface area (Å²) >= 11 is 0. The van der Waals surface area contributed by atoms with Crippen molar-refractivity contribution in [3.8, 4) is 0 Å². The summed E-state index contributed by atoms with van der Waals surface area (Å²) in [5.41, 5.74) is 5.97. The largest absolute Gasteiger partial charge is 0.332 e. The van der Waals surface area contributed by atoms with Crippen molar-refractivity contribution in [3.05, 3.63) is 28.3 Å². The van der Waals surface area contributed by atoms with Gasteiger partial charge in [-0.05, 0) is 100 Å². The topological polar surface area (TPSA) is 78.5 Å². The Hall–Kier alpha value is -1.60. The fraction of sp³-hybridized carbons (Fsp3) is 0.696. The third kappa shape index (κ3) is 3.44. The Labute approximate surface area is 179 Å². The van der Waals surface area contributed by atoms with E-state index in [0.29, 0.717) is 31.0 Å². The smallest absolute Gasteiger partial charge is 0.307 e. The predicted octanol–water partition coefficient (Wildman–Crippen LogP) is 3.52. The minimum atomic E-state index is -3.69. The Morgan fingerprint density at radius 3 is 2.10 bits per heavy atom. The molecule has 7 heteroatoms. The number of hydrogen-bond donors (Lipinski definition) is 2. The molecule has 2 fully saturated rings. The maximum Gasteiger partial charge on any atom is 0.332 e. The van der Waals surface area contributed by atoms with Gasteiger partial charge in [-0.25, -0.2) is 17.9 Å². The Morgan fingerprint density at radius 2 is 1.57 bits per heavy atom. The van der Waals surface area contributed by atoms with Gasteiger partial charge >= 0.3 is 6.03 Å². The van der Waals surface area contributed by atoms with E-state index < -0.39 is 21.3 Å². The normalized spacial score (nSPS) is 27.9. The molecule has 2 saturated heterocycles. The number of carbonyl (C=O) groups excluding carboxylic acids is 1. The molecule has 5 rings (SSSR count). The number of nitrogens with one attached hydrogen (secondary N) is 2. The van der Waals surface area contributed by atoms with Crippen LogP contribution in [0.5, 0.6) is 0 Å². The van der Waals surface area contributed by atoms with Crippen molar-refractivity contribution in [1.82, 2.24) is 9.62 Å². The highest BCUT2D eigenvalue weighted by Gasteiger charge is 2.46. The van der Waals surface area contributed by atoms with E-state index in [-0.39, 0.29) is 0 Å². The zero-order valence-electron chi connectivity index (χ0n) is 18.0. The van der Waals surface area contributed by atoms with Crippen molar-refractivity contribution in [2.24, 2.45) is 0 Å². The molecule has 3 atom stereocenters. The molecule has 4 aliphatic rings. The number of carbonyl (C=O) groups is 1. The van der Waals surface area contributed by atoms with Gasteiger partial charge in [0.05, 0.1) is 5.25 Å². The first-order chi connectivity index (χ1) is 14.3. The molecule has 0 spiro atoms. The lowest BCUT2D eigenvalue weighted by molar-refractivity contribution is 0.105. The van der Waals surface area contributed by atoms with E-state index in [2.05, 4.69) is 34.9 Å². The molecule has 6 nitrogen and oxygen atoms in total. The van der Waals surface area contributed by atoms with E-state index in [9.17, 15) is 13.2 Å². The number of fused-ring (bicyclic) bond motifs is 4. The van der Waals surface area contributed by atoms with Crippen LogP contribution in [0, 0.1) is 0 Å². The molecule has 1 unspecified atom stereocenters. The van der Waals surface area contributed by atoms with Crippen LogP contribution in [0.4, 0.5) is 10.5 Å². The van der Waals surface area contributed by atoms with Crippen molar-refractivity contribution in [2.45, 2.75) is 101 Å². The molecule has 0 saturated carbocycles. The zero-order chi connectivity index (χ0) is 21.0. The lowest BCUT2D eigenvalue weighted by atomic mass is 9.99. The van der Waals surface area contributed by atoms with Gasteiger partial charge in [0.2, 0.25) is 10.0 Å². The molecule has 2 aliphatic carbocycles. The molecule has 30 heavy (non-hydrogen) atoms. The van der Waals surface area contributed by atoms with Crippen LogP contribution >= 0.6 is 0 Å². The molecule has 2 aliphatic heterocycles. The molecule has 2 heterocycles. The Morgan fingerprint density at radius 1 is 1.00 bits per heavy atom. The van der Waals surface area contributed by atoms with Crippen LogP contribution in [0.3, 0.4) is 0 Å². The van der Waals surface area contributed by atoms with Crippen LogP contribution in [0.25, 0.3) is 0 Å². The van der Waals surface area contributed by atoms with Crippen LogP contribution in [-0.2, 0) is 35.7 Å². The van der Waals surface area contributed by atoms with Crippen molar-refractivity contribution in [2.75, 3.05) is 5.32 Å². The SMILES string of the molecule is CC(C)N1[C@@H]2CC[C@H]1CC(S(=O)(=O)NC(=O)Nc1c3c(cc4c1CCC4)CCC3)C2. The molecule has 2 N–H and O–H groups in total. The average Bonchev–Trinajstić information content (AvgIpc) is 3.38. The molecule has 1 aromatic carbocycles. The Kier molecular flexibility index (Phi) is 5.09. The molecule has 2 amide bonds. The maximum atomic E-state index is 13.1. The number of anilines is 1. The van der Waals surface area contributed by atoms with Gasteiger partial charge < -0.3 is 5.32 Å². The molecule has 1 aromatic rings. The zero-order valence-corrected chi connectivity index (χ0v) is 18.9. The minimum absolute atomic E-state index is 0.314. The van der Waals surface area contributed by atoms with Gasteiger partial charge in [0.15, 0.2) is 0 Å². The number of nitrogens with zero attached hydrogens (tertiary/aromatic N) is 1. The first-order valence-corrected chi connectivity index (χ1v) is 13.1. The summed E-state index contributed by atoms with van der Waals surface area (Å²) in [6.45, 7) is 4.37. The Balaban J connectivity index is 1.31. The molecule has 164 valence electrons. The number of piperidine rings is 1. The summed E-state index contributed by atoms with van der Waals surface area (Å²) in [6.07, 6.45) is 9.58. The van der Waals surface area contributed by atoms with E-state index in [1.54, 1.807) is 0 Å². The first-order valence-electron chi connectivity index (χ1n) is 11.6. The predicted molar refractivity (Wildman–Crippen MR) is 118 cm³/mol. The van der Waals surface area contributed by atoms with Gasteiger partial charge in [0.1, 0.15) is 0 Å². The second-order valence-electron chi connectivity index (χ2n) is 9.85. The number of aryl methyl sites for hydroxylation is 2. The fourth-order valence-electron chi connectivity index (χ4n) is 6.58. The lowest BCUT2D eigenvalue weighted by Crippen LogP contribution is -2.52. The number of rotatable bonds is 4. The number of sulfonamides is 1. The van der Waals surface area contributed by atoms with Crippen LogP contribution in [0.1, 0.15) is 74.6 Å². The highest BCUT2D eigenvalue weighted by molar-refractivity contribution is 7.90. The lowest BCUT2D eigenvalue weighted by Gasteiger charge is -2.41. The number of benzene rings is 1. The van der Waals surface area contributed by atoms with Crippen molar-refractivity contribution in [1.29, 1.82) is 0 Å². The van der Waals surface area contributed by atoms with Crippen molar-refractivity contribution < 1.29 is 13.2 Å². The van der Waals surface area contributed by atoms with Crippen LogP contribution < -0.4 is 10.0 Å². The monoisotopic (exact) mass is 431 g/mol. The summed E-state index contributed by atoms with van der Waals surface area (Å²) in [5.74, 6) is 0. The van der Waals surface area contributed by atoms with E-state index in [0.717, 1.165) is 57.1 Å². The summed E-state index contributed by atoms with van der Waals surface area (Å²) < 4.78 is 28.5. The van der Waals surface area contributed by atoms with Gasteiger partial charge in [-0.3, -0.25) is 4.90 Å². The van der Waals surface area contributed by atoms with E-state index >= 15 is 0 Å². The molecule has 2 bridgehead atoms. The summed E-state index contributed by atoms with van der Waals surface area (Å²) in [6, 6.07) is 2.78. The number of urea groups is 1. The third-order valence-corrected chi connectivity index (χ3v) is 9.46. The quantitative estimate of drug-likeness (QED) is 0.765. The van der Waals surface area contributed by atoms with Crippen molar-refractivity contribution >= 4 is 21.7 Å². The van der Waals surface area contributed by atoms with Gasteiger partial charge in [0, 0.05) is 23.8 Å². The molecule has 0 radical (unpaired) electrons. The summed E-state index contributed by atoms with van der Waals surface area (Å²) in [5, 5.41) is 2.48. The molecule has 0 aromatic heterocycles. The number of amides is 2. The van der Waals surface area contributed by atoms with E-state index in [1.165, 1.54) is 22.3 Å². The number of hydrogen-bond acceptors (Lipinski definition) is 4. The second kappa shape index (κ2) is 7.52. The average molecular weight is 432 g/mol. The highest BCUT2D eigenvalue weighted by atomic mass is 32.2. The van der Waals surface area contributed by atoms with Crippen LogP contribution in [-0.4, -0.2) is 42.7 Å². The summed E-state index contributed by atoms with van der Waals surface area (Å²) in [7, 11) is -3.69.